The Morgan fingerprint density at radius 1 is 1.56 bits per heavy atom. The summed E-state index contributed by atoms with van der Waals surface area (Å²) in [6, 6.07) is 6.54. The normalized spacial score (nSPS) is 12.5. The molecule has 1 unspecified atom stereocenters. The quantitative estimate of drug-likeness (QED) is 0.840. The van der Waals surface area contributed by atoms with Crippen molar-refractivity contribution in [2.45, 2.75) is 19.5 Å². The zero-order valence-electron chi connectivity index (χ0n) is 9.44. The van der Waals surface area contributed by atoms with Gasteiger partial charge in [0.05, 0.1) is 12.2 Å². The summed E-state index contributed by atoms with van der Waals surface area (Å²) in [5.41, 5.74) is 0.532. The topological polar surface area (TPSA) is 47.3 Å². The van der Waals surface area contributed by atoms with E-state index in [-0.39, 0.29) is 18.2 Å². The molecule has 0 bridgehead atoms. The summed E-state index contributed by atoms with van der Waals surface area (Å²) in [6.45, 7) is 2.26. The highest BCUT2D eigenvalue weighted by atomic mass is 19.1. The van der Waals surface area contributed by atoms with Crippen molar-refractivity contribution in [2.75, 3.05) is 13.7 Å². The van der Waals surface area contributed by atoms with E-state index in [2.05, 4.69) is 0 Å². The molecule has 0 amide bonds. The van der Waals surface area contributed by atoms with E-state index in [9.17, 15) is 4.39 Å². The fourth-order valence-corrected chi connectivity index (χ4v) is 1.35. The van der Waals surface area contributed by atoms with E-state index in [1.54, 1.807) is 19.2 Å². The number of halogens is 1. The first-order chi connectivity index (χ1) is 7.60. The molecular formula is C12H15FN2O. The average Bonchev–Trinajstić information content (AvgIpc) is 2.30. The van der Waals surface area contributed by atoms with Crippen molar-refractivity contribution in [3.05, 3.63) is 35.1 Å². The van der Waals surface area contributed by atoms with Crippen LogP contribution in [0.1, 0.15) is 18.1 Å². The van der Waals surface area contributed by atoms with E-state index in [1.807, 2.05) is 17.9 Å². The number of rotatable bonds is 4. The van der Waals surface area contributed by atoms with E-state index in [0.29, 0.717) is 12.1 Å². The summed E-state index contributed by atoms with van der Waals surface area (Å²) in [5.74, 6) is -0.470. The van der Waals surface area contributed by atoms with Crippen LogP contribution in [-0.2, 0) is 6.54 Å². The first kappa shape index (κ1) is 12.6. The number of benzene rings is 1. The number of hydrogen-bond acceptors (Lipinski definition) is 3. The maximum absolute atomic E-state index is 13.7. The van der Waals surface area contributed by atoms with Gasteiger partial charge in [0.15, 0.2) is 0 Å². The molecule has 1 N–H and O–H groups in total. The third-order valence-corrected chi connectivity index (χ3v) is 2.64. The largest absolute Gasteiger partial charge is 0.395 e. The van der Waals surface area contributed by atoms with Gasteiger partial charge in [-0.1, -0.05) is 12.1 Å². The number of hydrogen-bond donors (Lipinski definition) is 1. The Kier molecular flexibility index (Phi) is 4.41. The van der Waals surface area contributed by atoms with Crippen LogP contribution < -0.4 is 0 Å². The lowest BCUT2D eigenvalue weighted by Gasteiger charge is -2.23. The highest BCUT2D eigenvalue weighted by Crippen LogP contribution is 2.14. The minimum Gasteiger partial charge on any atom is -0.395 e. The minimum absolute atomic E-state index is 0.0239. The Morgan fingerprint density at radius 2 is 2.25 bits per heavy atom. The monoisotopic (exact) mass is 222 g/mol. The molecule has 1 rings (SSSR count). The zero-order chi connectivity index (χ0) is 12.1. The van der Waals surface area contributed by atoms with Gasteiger partial charge in [0, 0.05) is 18.2 Å². The second-order valence-corrected chi connectivity index (χ2v) is 3.84. The maximum atomic E-state index is 13.7. The van der Waals surface area contributed by atoms with Gasteiger partial charge in [-0.2, -0.15) is 5.26 Å². The third-order valence-electron chi connectivity index (χ3n) is 2.64. The van der Waals surface area contributed by atoms with E-state index in [1.165, 1.54) is 6.07 Å². The van der Waals surface area contributed by atoms with Crippen LogP contribution in [0.5, 0.6) is 0 Å². The van der Waals surface area contributed by atoms with E-state index in [4.69, 9.17) is 10.4 Å². The molecule has 1 aromatic rings. The summed E-state index contributed by atoms with van der Waals surface area (Å²) < 4.78 is 13.7. The van der Waals surface area contributed by atoms with Gasteiger partial charge in [-0.25, -0.2) is 4.39 Å². The molecule has 0 saturated carbocycles. The van der Waals surface area contributed by atoms with Crippen molar-refractivity contribution < 1.29 is 9.50 Å². The van der Waals surface area contributed by atoms with Gasteiger partial charge in [0.1, 0.15) is 11.9 Å². The number of nitriles is 1. The molecule has 0 aliphatic rings. The first-order valence-corrected chi connectivity index (χ1v) is 5.08. The number of aliphatic hydroxyl groups excluding tert-OH is 1. The van der Waals surface area contributed by atoms with Crippen molar-refractivity contribution >= 4 is 0 Å². The van der Waals surface area contributed by atoms with Crippen molar-refractivity contribution in [3.63, 3.8) is 0 Å². The number of likely N-dealkylation sites (N-methyl/N-ethyl adjacent to an activating group) is 1. The molecule has 0 aliphatic carbocycles. The van der Waals surface area contributed by atoms with Crippen molar-refractivity contribution in [3.8, 4) is 6.07 Å². The molecule has 1 aromatic carbocycles. The Morgan fingerprint density at radius 3 is 2.81 bits per heavy atom. The van der Waals surface area contributed by atoms with E-state index >= 15 is 0 Å². The zero-order valence-corrected chi connectivity index (χ0v) is 9.44. The lowest BCUT2D eigenvalue weighted by molar-refractivity contribution is 0.153. The summed E-state index contributed by atoms with van der Waals surface area (Å²) in [6.07, 6.45) is 0. The Labute approximate surface area is 94.7 Å². The fraction of sp³-hybridized carbons (Fsp3) is 0.417. The van der Waals surface area contributed by atoms with Crippen LogP contribution in [0.25, 0.3) is 0 Å². The smallest absolute Gasteiger partial charge is 0.145 e. The van der Waals surface area contributed by atoms with Crippen molar-refractivity contribution in [1.82, 2.24) is 4.90 Å². The van der Waals surface area contributed by atoms with Crippen molar-refractivity contribution in [1.29, 1.82) is 5.26 Å². The highest BCUT2D eigenvalue weighted by Gasteiger charge is 2.12. The van der Waals surface area contributed by atoms with Crippen LogP contribution in [0.15, 0.2) is 18.2 Å². The van der Waals surface area contributed by atoms with Crippen LogP contribution in [-0.4, -0.2) is 29.7 Å². The van der Waals surface area contributed by atoms with E-state index < -0.39 is 5.82 Å². The summed E-state index contributed by atoms with van der Waals surface area (Å²) >= 11 is 0. The minimum atomic E-state index is -0.470. The summed E-state index contributed by atoms with van der Waals surface area (Å²) in [4.78, 5) is 1.83. The van der Waals surface area contributed by atoms with Crippen LogP contribution in [0.3, 0.4) is 0 Å². The fourth-order valence-electron chi connectivity index (χ4n) is 1.35. The van der Waals surface area contributed by atoms with E-state index in [0.717, 1.165) is 0 Å². The summed E-state index contributed by atoms with van der Waals surface area (Å²) in [5, 5.41) is 17.7. The van der Waals surface area contributed by atoms with Crippen LogP contribution >= 0.6 is 0 Å². The standard InChI is InChI=1S/C12H15FN2O/c1-9(8-16)15(2)7-11-5-3-4-10(6-14)12(11)13/h3-5,9,16H,7-8H2,1-2H3. The molecule has 0 saturated heterocycles. The molecule has 16 heavy (non-hydrogen) atoms. The van der Waals surface area contributed by atoms with Crippen LogP contribution in [0.2, 0.25) is 0 Å². The Hall–Kier alpha value is -1.44. The summed E-state index contributed by atoms with van der Waals surface area (Å²) in [7, 11) is 1.80. The van der Waals surface area contributed by atoms with Gasteiger partial charge < -0.3 is 5.11 Å². The molecule has 0 aliphatic heterocycles. The van der Waals surface area contributed by atoms with Gasteiger partial charge in [0.25, 0.3) is 0 Å². The third kappa shape index (κ3) is 2.78. The SMILES string of the molecule is CC(CO)N(C)Cc1cccc(C#N)c1F. The molecule has 3 nitrogen and oxygen atoms in total. The molecule has 0 heterocycles. The first-order valence-electron chi connectivity index (χ1n) is 5.08. The molecule has 0 aromatic heterocycles. The van der Waals surface area contributed by atoms with Gasteiger partial charge in [-0.3, -0.25) is 4.90 Å². The van der Waals surface area contributed by atoms with Gasteiger partial charge in [-0.05, 0) is 20.0 Å². The maximum Gasteiger partial charge on any atom is 0.145 e. The number of aliphatic hydroxyl groups is 1. The lowest BCUT2D eigenvalue weighted by Crippen LogP contribution is -2.31. The molecule has 1 atom stereocenters. The van der Waals surface area contributed by atoms with Crippen molar-refractivity contribution in [2.24, 2.45) is 0 Å². The lowest BCUT2D eigenvalue weighted by atomic mass is 10.1. The molecule has 86 valence electrons. The molecule has 0 radical (unpaired) electrons. The predicted molar refractivity (Wildman–Crippen MR) is 59.1 cm³/mol. The molecule has 0 spiro atoms. The molecular weight excluding hydrogens is 207 g/mol. The second kappa shape index (κ2) is 5.59. The van der Waals surface area contributed by atoms with Gasteiger partial charge in [-0.15, -0.1) is 0 Å². The van der Waals surface area contributed by atoms with Gasteiger partial charge >= 0.3 is 0 Å². The average molecular weight is 222 g/mol. The van der Waals surface area contributed by atoms with Gasteiger partial charge in [0.2, 0.25) is 0 Å². The Balaban J connectivity index is 2.86. The van der Waals surface area contributed by atoms with Crippen LogP contribution in [0, 0.1) is 17.1 Å². The Bertz CT molecular complexity index is 400. The second-order valence-electron chi connectivity index (χ2n) is 3.84. The predicted octanol–water partition coefficient (Wildman–Crippen LogP) is 1.51. The number of nitrogens with zero attached hydrogens (tertiary/aromatic N) is 2. The highest BCUT2D eigenvalue weighted by molar-refractivity contribution is 5.34. The molecule has 4 heteroatoms. The molecule has 0 fully saturated rings. The van der Waals surface area contributed by atoms with Crippen LogP contribution in [0.4, 0.5) is 4.39 Å².